The molecule has 0 atom stereocenters. The number of hydrogen-bond donors (Lipinski definition) is 0. The van der Waals surface area contributed by atoms with Gasteiger partial charge >= 0.3 is 0 Å². The molecular formula is C52H35N3O. The maximum absolute atomic E-state index is 6.57. The molecule has 0 aliphatic rings. The number of hydrogen-bond acceptors (Lipinski definition) is 4. The zero-order valence-electron chi connectivity index (χ0n) is 30.5. The van der Waals surface area contributed by atoms with Crippen molar-refractivity contribution in [2.75, 3.05) is 4.90 Å². The van der Waals surface area contributed by atoms with Crippen LogP contribution in [0.25, 0.3) is 78.1 Å². The van der Waals surface area contributed by atoms with Crippen molar-refractivity contribution in [1.29, 1.82) is 0 Å². The van der Waals surface area contributed by atoms with Crippen molar-refractivity contribution >= 4 is 39.0 Å². The van der Waals surface area contributed by atoms with Crippen LogP contribution < -0.4 is 4.90 Å². The molecule has 8 aromatic carbocycles. The molecule has 0 N–H and O–H groups in total. The van der Waals surface area contributed by atoms with E-state index in [1.54, 1.807) is 0 Å². The van der Waals surface area contributed by atoms with E-state index in [4.69, 9.17) is 14.4 Å². The van der Waals surface area contributed by atoms with Gasteiger partial charge in [0.05, 0.1) is 11.4 Å². The second-order valence-corrected chi connectivity index (χ2v) is 13.8. The SMILES string of the molecule is c1ccc(-c2ccc(N(c3ccccc3)c3ccc(-c4ccc5c(c4)oc4cccc(-c6cc(-c7ccccc7)nc(-c7ccccc7)n6)c45)cc3)cc2)cc1. The summed E-state index contributed by atoms with van der Waals surface area (Å²) < 4.78 is 6.57. The van der Waals surface area contributed by atoms with E-state index in [1.807, 2.05) is 54.6 Å². The Labute approximate surface area is 325 Å². The molecule has 0 aliphatic carbocycles. The molecule has 4 nitrogen and oxygen atoms in total. The standard InChI is InChI=1S/C52H35N3O/c1-5-14-36(15-6-1)37-24-29-43(30-25-37)55(42-20-11-4-12-21-42)44-31-26-38(27-32-44)41-28-33-46-50(34-41)56-49-23-13-22-45(51(46)49)48-35-47(39-16-7-2-8-17-39)53-52(54-48)40-18-9-3-10-19-40/h1-35H. The molecule has 0 amide bonds. The van der Waals surface area contributed by atoms with Crippen molar-refractivity contribution < 1.29 is 4.42 Å². The lowest BCUT2D eigenvalue weighted by molar-refractivity contribution is 0.669. The van der Waals surface area contributed by atoms with Gasteiger partial charge in [-0.1, -0.05) is 152 Å². The number of para-hydroxylation sites is 1. The Morgan fingerprint density at radius 3 is 1.48 bits per heavy atom. The first kappa shape index (κ1) is 33.0. The van der Waals surface area contributed by atoms with E-state index in [-0.39, 0.29) is 0 Å². The topological polar surface area (TPSA) is 42.2 Å². The first-order valence-electron chi connectivity index (χ1n) is 18.8. The predicted octanol–water partition coefficient (Wildman–Crippen LogP) is 14.2. The Bertz CT molecular complexity index is 2870. The zero-order chi connectivity index (χ0) is 37.3. The van der Waals surface area contributed by atoms with Crippen molar-refractivity contribution in [3.05, 3.63) is 212 Å². The first-order valence-corrected chi connectivity index (χ1v) is 18.8. The number of aromatic nitrogens is 2. The smallest absolute Gasteiger partial charge is 0.160 e. The summed E-state index contributed by atoms with van der Waals surface area (Å²) in [6, 6.07) is 73.8. The van der Waals surface area contributed by atoms with Crippen LogP contribution in [-0.2, 0) is 0 Å². The van der Waals surface area contributed by atoms with Crippen molar-refractivity contribution in [2.24, 2.45) is 0 Å². The van der Waals surface area contributed by atoms with Crippen LogP contribution in [-0.4, -0.2) is 9.97 Å². The molecule has 0 saturated heterocycles. The summed E-state index contributed by atoms with van der Waals surface area (Å²) in [7, 11) is 0. The minimum absolute atomic E-state index is 0.688. The zero-order valence-corrected chi connectivity index (χ0v) is 30.5. The molecule has 2 aromatic heterocycles. The van der Waals surface area contributed by atoms with Crippen molar-refractivity contribution in [2.45, 2.75) is 0 Å². The lowest BCUT2D eigenvalue weighted by Crippen LogP contribution is -2.09. The monoisotopic (exact) mass is 717 g/mol. The van der Waals surface area contributed by atoms with Crippen LogP contribution >= 0.6 is 0 Å². The van der Waals surface area contributed by atoms with Crippen molar-refractivity contribution in [1.82, 2.24) is 9.97 Å². The minimum Gasteiger partial charge on any atom is -0.456 e. The van der Waals surface area contributed by atoms with Gasteiger partial charge in [0.1, 0.15) is 11.2 Å². The van der Waals surface area contributed by atoms with E-state index in [1.165, 1.54) is 11.1 Å². The molecule has 0 unspecified atom stereocenters. The third-order valence-corrected chi connectivity index (χ3v) is 10.3. The third kappa shape index (κ3) is 6.29. The fourth-order valence-electron chi connectivity index (χ4n) is 7.54. The largest absolute Gasteiger partial charge is 0.456 e. The molecular weight excluding hydrogens is 683 g/mol. The molecule has 4 heteroatoms. The number of benzene rings is 8. The lowest BCUT2D eigenvalue weighted by atomic mass is 9.99. The van der Waals surface area contributed by atoms with E-state index < -0.39 is 0 Å². The fraction of sp³-hybridized carbons (Fsp3) is 0. The molecule has 56 heavy (non-hydrogen) atoms. The average molecular weight is 718 g/mol. The number of rotatable bonds is 8. The maximum atomic E-state index is 6.57. The summed E-state index contributed by atoms with van der Waals surface area (Å²) >= 11 is 0. The van der Waals surface area contributed by atoms with E-state index in [2.05, 4.69) is 163 Å². The second-order valence-electron chi connectivity index (χ2n) is 13.8. The molecule has 0 bridgehead atoms. The predicted molar refractivity (Wildman–Crippen MR) is 231 cm³/mol. The highest BCUT2D eigenvalue weighted by atomic mass is 16.3. The highest BCUT2D eigenvalue weighted by molar-refractivity contribution is 6.13. The van der Waals surface area contributed by atoms with Gasteiger partial charge in [0.2, 0.25) is 0 Å². The van der Waals surface area contributed by atoms with Gasteiger partial charge in [0, 0.05) is 44.5 Å². The van der Waals surface area contributed by atoms with Gasteiger partial charge in [-0.25, -0.2) is 9.97 Å². The Kier molecular flexibility index (Phi) is 8.47. The van der Waals surface area contributed by atoms with Crippen LogP contribution in [0.4, 0.5) is 17.1 Å². The van der Waals surface area contributed by atoms with E-state index in [0.29, 0.717) is 5.82 Å². The van der Waals surface area contributed by atoms with Crippen molar-refractivity contribution in [3.63, 3.8) is 0 Å². The Morgan fingerprint density at radius 2 is 0.839 bits per heavy atom. The molecule has 264 valence electrons. The van der Waals surface area contributed by atoms with Gasteiger partial charge in [-0.3, -0.25) is 0 Å². The van der Waals surface area contributed by atoms with Gasteiger partial charge in [0.25, 0.3) is 0 Å². The number of fused-ring (bicyclic) bond motifs is 3. The summed E-state index contributed by atoms with van der Waals surface area (Å²) in [4.78, 5) is 12.4. The maximum Gasteiger partial charge on any atom is 0.160 e. The van der Waals surface area contributed by atoms with Gasteiger partial charge < -0.3 is 9.32 Å². The van der Waals surface area contributed by atoms with Crippen LogP contribution in [0, 0.1) is 0 Å². The van der Waals surface area contributed by atoms with E-state index >= 15 is 0 Å². The second kappa shape index (κ2) is 14.3. The summed E-state index contributed by atoms with van der Waals surface area (Å²) in [6.07, 6.45) is 0. The fourth-order valence-corrected chi connectivity index (χ4v) is 7.54. The lowest BCUT2D eigenvalue weighted by Gasteiger charge is -2.26. The Morgan fingerprint density at radius 1 is 0.339 bits per heavy atom. The van der Waals surface area contributed by atoms with Crippen LogP contribution in [0.2, 0.25) is 0 Å². The van der Waals surface area contributed by atoms with Crippen LogP contribution in [0.3, 0.4) is 0 Å². The molecule has 0 spiro atoms. The molecule has 0 fully saturated rings. The van der Waals surface area contributed by atoms with Crippen molar-refractivity contribution in [3.8, 4) is 56.2 Å². The Balaban J connectivity index is 1.01. The number of nitrogens with zero attached hydrogens (tertiary/aromatic N) is 3. The normalized spacial score (nSPS) is 11.2. The highest BCUT2D eigenvalue weighted by Crippen LogP contribution is 2.40. The number of anilines is 3. The first-order chi connectivity index (χ1) is 27.7. The van der Waals surface area contributed by atoms with Gasteiger partial charge in [0.15, 0.2) is 5.82 Å². The minimum atomic E-state index is 0.688. The van der Waals surface area contributed by atoms with Gasteiger partial charge in [-0.15, -0.1) is 0 Å². The third-order valence-electron chi connectivity index (χ3n) is 10.3. The summed E-state index contributed by atoms with van der Waals surface area (Å²) in [6.45, 7) is 0. The van der Waals surface area contributed by atoms with Gasteiger partial charge in [-0.2, -0.15) is 0 Å². The Hall–Kier alpha value is -7.56. The summed E-state index contributed by atoms with van der Waals surface area (Å²) in [5.74, 6) is 0.688. The molecule has 0 radical (unpaired) electrons. The average Bonchev–Trinajstić information content (AvgIpc) is 3.66. The number of furan rings is 1. The summed E-state index contributed by atoms with van der Waals surface area (Å²) in [5, 5.41) is 2.09. The van der Waals surface area contributed by atoms with Gasteiger partial charge in [-0.05, 0) is 82.9 Å². The quantitative estimate of drug-likeness (QED) is 0.157. The summed E-state index contributed by atoms with van der Waals surface area (Å²) in [5.41, 5.74) is 14.3. The van der Waals surface area contributed by atoms with Crippen LogP contribution in [0.1, 0.15) is 0 Å². The molecule has 10 rings (SSSR count). The molecule has 10 aromatic rings. The molecule has 0 aliphatic heterocycles. The van der Waals surface area contributed by atoms with E-state index in [9.17, 15) is 0 Å². The van der Waals surface area contributed by atoms with Crippen LogP contribution in [0.5, 0.6) is 0 Å². The highest BCUT2D eigenvalue weighted by Gasteiger charge is 2.18. The molecule has 2 heterocycles. The molecule has 0 saturated carbocycles. The van der Waals surface area contributed by atoms with E-state index in [0.717, 1.165) is 78.2 Å². The van der Waals surface area contributed by atoms with Crippen LogP contribution in [0.15, 0.2) is 217 Å².